The van der Waals surface area contributed by atoms with Crippen LogP contribution in [0.4, 0.5) is 10.1 Å². The molecule has 6 nitrogen and oxygen atoms in total. The van der Waals surface area contributed by atoms with E-state index in [0.717, 1.165) is 0 Å². The summed E-state index contributed by atoms with van der Waals surface area (Å²) in [7, 11) is 1.45. The predicted octanol–water partition coefficient (Wildman–Crippen LogP) is 4.40. The van der Waals surface area contributed by atoms with Crippen LogP contribution in [-0.4, -0.2) is 27.8 Å². The fourth-order valence-electron chi connectivity index (χ4n) is 2.69. The number of anilines is 1. The van der Waals surface area contributed by atoms with Crippen LogP contribution in [0.5, 0.6) is 6.01 Å². The quantitative estimate of drug-likeness (QED) is 0.545. The molecule has 0 saturated carbocycles. The highest BCUT2D eigenvalue weighted by Gasteiger charge is 2.17. The minimum absolute atomic E-state index is 0.117. The molecule has 1 N–H and O–H groups in total. The average molecular weight is 394 g/mol. The third-order valence-electron chi connectivity index (χ3n) is 3.98. The van der Waals surface area contributed by atoms with Crippen LogP contribution in [0.1, 0.15) is 9.67 Å². The molecule has 4 rings (SSSR count). The number of thiophene rings is 1. The van der Waals surface area contributed by atoms with Crippen LogP contribution in [0.2, 0.25) is 0 Å². The zero-order chi connectivity index (χ0) is 19.5. The lowest BCUT2D eigenvalue weighted by molar-refractivity contribution is 0.103. The molecule has 4 aromatic rings. The van der Waals surface area contributed by atoms with Gasteiger partial charge in [-0.25, -0.2) is 9.07 Å². The van der Waals surface area contributed by atoms with E-state index in [1.165, 1.54) is 29.2 Å². The number of nitrogens with one attached hydrogen (secondary N) is 1. The number of nitrogens with zero attached hydrogens (tertiary/aromatic N) is 3. The second kappa shape index (κ2) is 7.61. The topological polar surface area (TPSA) is 69.0 Å². The van der Waals surface area contributed by atoms with Crippen molar-refractivity contribution in [3.8, 4) is 23.1 Å². The SMILES string of the molecule is COc1nc(-c2ccccc2F)n(-c2cccc(NC(=O)c3cccs3)c2)n1. The first-order valence-electron chi connectivity index (χ1n) is 8.37. The molecule has 0 aliphatic rings. The number of hydrogen-bond acceptors (Lipinski definition) is 5. The number of methoxy groups -OCH3 is 1. The van der Waals surface area contributed by atoms with Gasteiger partial charge in [0, 0.05) is 5.69 Å². The fourth-order valence-corrected chi connectivity index (χ4v) is 3.31. The Morgan fingerprint density at radius 2 is 2.00 bits per heavy atom. The van der Waals surface area contributed by atoms with Crippen LogP contribution in [0, 0.1) is 5.82 Å². The van der Waals surface area contributed by atoms with Gasteiger partial charge in [0.15, 0.2) is 5.82 Å². The van der Waals surface area contributed by atoms with E-state index in [9.17, 15) is 9.18 Å². The van der Waals surface area contributed by atoms with Crippen LogP contribution in [0.25, 0.3) is 17.1 Å². The molecule has 0 aliphatic heterocycles. The molecule has 0 atom stereocenters. The predicted molar refractivity (Wildman–Crippen MR) is 106 cm³/mol. The number of hydrogen-bond donors (Lipinski definition) is 1. The number of aromatic nitrogens is 3. The Labute approximate surface area is 164 Å². The summed E-state index contributed by atoms with van der Waals surface area (Å²) in [6.45, 7) is 0. The maximum atomic E-state index is 14.3. The Hall–Kier alpha value is -3.52. The van der Waals surface area contributed by atoms with Gasteiger partial charge in [-0.3, -0.25) is 4.79 Å². The van der Waals surface area contributed by atoms with Gasteiger partial charge >= 0.3 is 6.01 Å². The molecule has 0 aliphatic carbocycles. The first-order valence-corrected chi connectivity index (χ1v) is 9.25. The normalized spacial score (nSPS) is 10.6. The monoisotopic (exact) mass is 394 g/mol. The highest BCUT2D eigenvalue weighted by Crippen LogP contribution is 2.27. The van der Waals surface area contributed by atoms with Gasteiger partial charge in [-0.1, -0.05) is 24.3 Å². The molecule has 2 aromatic carbocycles. The van der Waals surface area contributed by atoms with Gasteiger partial charge in [-0.05, 0) is 41.8 Å². The Balaban J connectivity index is 1.73. The van der Waals surface area contributed by atoms with E-state index in [2.05, 4.69) is 15.4 Å². The maximum absolute atomic E-state index is 14.3. The number of rotatable bonds is 5. The molecule has 0 bridgehead atoms. The summed E-state index contributed by atoms with van der Waals surface area (Å²) in [6.07, 6.45) is 0. The van der Waals surface area contributed by atoms with E-state index in [1.54, 1.807) is 48.5 Å². The number of ether oxygens (including phenoxy) is 1. The van der Waals surface area contributed by atoms with Crippen molar-refractivity contribution in [2.75, 3.05) is 12.4 Å². The number of halogens is 1. The molecule has 8 heteroatoms. The number of amides is 1. The molecule has 0 spiro atoms. The van der Waals surface area contributed by atoms with E-state index in [4.69, 9.17) is 4.74 Å². The molecule has 0 unspecified atom stereocenters. The molecular weight excluding hydrogens is 379 g/mol. The lowest BCUT2D eigenvalue weighted by Gasteiger charge is -2.09. The van der Waals surface area contributed by atoms with Crippen molar-refractivity contribution >= 4 is 22.9 Å². The Bertz CT molecular complexity index is 1120. The minimum Gasteiger partial charge on any atom is -0.466 e. The molecule has 0 saturated heterocycles. The minimum atomic E-state index is -0.416. The zero-order valence-corrected chi connectivity index (χ0v) is 15.6. The number of benzene rings is 2. The lowest BCUT2D eigenvalue weighted by atomic mass is 10.2. The van der Waals surface area contributed by atoms with Crippen molar-refractivity contribution in [1.82, 2.24) is 14.8 Å². The van der Waals surface area contributed by atoms with Gasteiger partial charge in [-0.2, -0.15) is 4.98 Å². The van der Waals surface area contributed by atoms with Gasteiger partial charge < -0.3 is 10.1 Å². The van der Waals surface area contributed by atoms with Crippen LogP contribution in [0.15, 0.2) is 66.0 Å². The summed E-state index contributed by atoms with van der Waals surface area (Å²) in [5, 5.41) is 8.98. The Morgan fingerprint density at radius 1 is 1.14 bits per heavy atom. The Morgan fingerprint density at radius 3 is 2.75 bits per heavy atom. The van der Waals surface area contributed by atoms with Gasteiger partial charge in [0.2, 0.25) is 0 Å². The van der Waals surface area contributed by atoms with Crippen molar-refractivity contribution < 1.29 is 13.9 Å². The second-order valence-corrected chi connectivity index (χ2v) is 6.74. The molecular formula is C20H15FN4O2S. The highest BCUT2D eigenvalue weighted by molar-refractivity contribution is 7.12. The third-order valence-corrected chi connectivity index (χ3v) is 4.85. The highest BCUT2D eigenvalue weighted by atomic mass is 32.1. The summed E-state index contributed by atoms with van der Waals surface area (Å²) in [4.78, 5) is 17.2. The van der Waals surface area contributed by atoms with E-state index in [1.807, 2.05) is 11.4 Å². The van der Waals surface area contributed by atoms with Crippen molar-refractivity contribution in [2.24, 2.45) is 0 Å². The molecule has 2 aromatic heterocycles. The first kappa shape index (κ1) is 17.9. The number of carbonyl (C=O) groups excluding carboxylic acids is 1. The molecule has 1 amide bonds. The summed E-state index contributed by atoms with van der Waals surface area (Å²) in [6, 6.07) is 17.1. The Kier molecular flexibility index (Phi) is 4.86. The first-order chi connectivity index (χ1) is 13.7. The third kappa shape index (κ3) is 3.49. The maximum Gasteiger partial charge on any atom is 0.336 e. The van der Waals surface area contributed by atoms with E-state index < -0.39 is 5.82 Å². The largest absolute Gasteiger partial charge is 0.466 e. The number of carbonyl (C=O) groups is 1. The molecule has 0 fully saturated rings. The summed E-state index contributed by atoms with van der Waals surface area (Å²) < 4.78 is 20.9. The van der Waals surface area contributed by atoms with E-state index in [0.29, 0.717) is 27.6 Å². The fraction of sp³-hybridized carbons (Fsp3) is 0.0500. The molecule has 28 heavy (non-hydrogen) atoms. The summed E-state index contributed by atoms with van der Waals surface area (Å²) >= 11 is 1.36. The van der Waals surface area contributed by atoms with E-state index >= 15 is 0 Å². The van der Waals surface area contributed by atoms with Gasteiger partial charge in [0.1, 0.15) is 5.82 Å². The smallest absolute Gasteiger partial charge is 0.336 e. The van der Waals surface area contributed by atoms with Crippen molar-refractivity contribution in [1.29, 1.82) is 0 Å². The van der Waals surface area contributed by atoms with Crippen LogP contribution < -0.4 is 10.1 Å². The standard InChI is InChI=1S/C20H15FN4O2S/c1-27-20-23-18(15-8-2-3-9-16(15)21)25(24-20)14-7-4-6-13(12-14)22-19(26)17-10-5-11-28-17/h2-12H,1H3,(H,22,26). The van der Waals surface area contributed by atoms with Gasteiger partial charge in [0.25, 0.3) is 5.91 Å². The van der Waals surface area contributed by atoms with Gasteiger partial charge in [0.05, 0.1) is 23.2 Å². The van der Waals surface area contributed by atoms with Gasteiger partial charge in [-0.15, -0.1) is 16.4 Å². The molecule has 2 heterocycles. The summed E-state index contributed by atoms with van der Waals surface area (Å²) in [5.74, 6) is -0.310. The van der Waals surface area contributed by atoms with Crippen molar-refractivity contribution in [3.63, 3.8) is 0 Å². The van der Waals surface area contributed by atoms with Crippen LogP contribution >= 0.6 is 11.3 Å². The van der Waals surface area contributed by atoms with E-state index in [-0.39, 0.29) is 11.9 Å². The second-order valence-electron chi connectivity index (χ2n) is 5.80. The average Bonchev–Trinajstić information content (AvgIpc) is 3.39. The van der Waals surface area contributed by atoms with Crippen LogP contribution in [-0.2, 0) is 0 Å². The zero-order valence-electron chi connectivity index (χ0n) is 14.8. The van der Waals surface area contributed by atoms with Crippen molar-refractivity contribution in [3.05, 3.63) is 76.7 Å². The van der Waals surface area contributed by atoms with Crippen LogP contribution in [0.3, 0.4) is 0 Å². The lowest BCUT2D eigenvalue weighted by Crippen LogP contribution is -2.10. The molecule has 0 radical (unpaired) electrons. The van der Waals surface area contributed by atoms with Crippen molar-refractivity contribution in [2.45, 2.75) is 0 Å². The summed E-state index contributed by atoms with van der Waals surface area (Å²) in [5.41, 5.74) is 1.49. The molecule has 140 valence electrons.